The Kier molecular flexibility index (Phi) is 2.13. The molecule has 4 rings (SSSR count). The van der Waals surface area contributed by atoms with Crippen LogP contribution >= 0.6 is 34.5 Å². The maximum Gasteiger partial charge on any atom is 0.184 e. The summed E-state index contributed by atoms with van der Waals surface area (Å²) in [4.78, 5) is 4.25. The van der Waals surface area contributed by atoms with Gasteiger partial charge in [0.2, 0.25) is 0 Å². The highest BCUT2D eigenvalue weighted by Crippen LogP contribution is 2.35. The Morgan fingerprint density at radius 1 is 1.00 bits per heavy atom. The molecule has 0 aliphatic carbocycles. The molecule has 88 valence electrons. The Hall–Kier alpha value is -1.29. The van der Waals surface area contributed by atoms with E-state index in [1.807, 2.05) is 24.3 Å². The SMILES string of the molecule is Clc1ccc2c(c1)oc1cc3nc(Cl)sc3cc12. The first-order chi connectivity index (χ1) is 8.70. The highest BCUT2D eigenvalue weighted by molar-refractivity contribution is 7.22. The van der Waals surface area contributed by atoms with Crippen LogP contribution in [0.15, 0.2) is 34.7 Å². The lowest BCUT2D eigenvalue weighted by atomic mass is 10.1. The van der Waals surface area contributed by atoms with E-state index in [4.69, 9.17) is 27.6 Å². The zero-order valence-corrected chi connectivity index (χ0v) is 11.2. The first kappa shape index (κ1) is 10.6. The van der Waals surface area contributed by atoms with Gasteiger partial charge in [-0.1, -0.05) is 23.2 Å². The number of furan rings is 1. The molecule has 0 atom stereocenters. The predicted octanol–water partition coefficient (Wildman–Crippen LogP) is 5.50. The minimum Gasteiger partial charge on any atom is -0.456 e. The van der Waals surface area contributed by atoms with Gasteiger partial charge in [0, 0.05) is 27.9 Å². The average molecular weight is 294 g/mol. The lowest BCUT2D eigenvalue weighted by molar-refractivity contribution is 0.669. The first-order valence-electron chi connectivity index (χ1n) is 5.28. The quantitative estimate of drug-likeness (QED) is 0.428. The van der Waals surface area contributed by atoms with Crippen LogP contribution in [0.5, 0.6) is 0 Å². The smallest absolute Gasteiger partial charge is 0.184 e. The van der Waals surface area contributed by atoms with Crippen LogP contribution in [-0.4, -0.2) is 4.98 Å². The van der Waals surface area contributed by atoms with Crippen LogP contribution < -0.4 is 0 Å². The van der Waals surface area contributed by atoms with Crippen molar-refractivity contribution in [2.24, 2.45) is 0 Å². The van der Waals surface area contributed by atoms with Crippen molar-refractivity contribution < 1.29 is 4.42 Å². The number of thiazole rings is 1. The Morgan fingerprint density at radius 2 is 1.83 bits per heavy atom. The van der Waals surface area contributed by atoms with Crippen molar-refractivity contribution in [3.05, 3.63) is 39.8 Å². The molecule has 0 aliphatic rings. The molecule has 0 unspecified atom stereocenters. The molecule has 0 bridgehead atoms. The second kappa shape index (κ2) is 3.60. The van der Waals surface area contributed by atoms with Gasteiger partial charge >= 0.3 is 0 Å². The van der Waals surface area contributed by atoms with E-state index in [2.05, 4.69) is 11.1 Å². The van der Waals surface area contributed by atoms with Crippen LogP contribution in [0.4, 0.5) is 0 Å². The number of hydrogen-bond donors (Lipinski definition) is 0. The first-order valence-corrected chi connectivity index (χ1v) is 6.86. The van der Waals surface area contributed by atoms with Gasteiger partial charge < -0.3 is 4.42 Å². The highest BCUT2D eigenvalue weighted by atomic mass is 35.5. The van der Waals surface area contributed by atoms with Crippen LogP contribution in [0.1, 0.15) is 0 Å². The maximum absolute atomic E-state index is 5.96. The Morgan fingerprint density at radius 3 is 2.72 bits per heavy atom. The molecule has 0 amide bonds. The van der Waals surface area contributed by atoms with E-state index in [1.54, 1.807) is 0 Å². The number of benzene rings is 2. The van der Waals surface area contributed by atoms with Gasteiger partial charge in [0.1, 0.15) is 11.2 Å². The van der Waals surface area contributed by atoms with Crippen molar-refractivity contribution in [3.8, 4) is 0 Å². The van der Waals surface area contributed by atoms with E-state index >= 15 is 0 Å². The standard InChI is InChI=1S/C13H5Cl2NOS/c14-6-1-2-7-8-4-12-9(16-13(15)18-12)5-11(8)17-10(7)3-6/h1-5H. The van der Waals surface area contributed by atoms with Gasteiger partial charge in [0.15, 0.2) is 4.47 Å². The monoisotopic (exact) mass is 293 g/mol. The van der Waals surface area contributed by atoms with Crippen molar-refractivity contribution in [1.82, 2.24) is 4.98 Å². The zero-order chi connectivity index (χ0) is 12.3. The van der Waals surface area contributed by atoms with Crippen molar-refractivity contribution in [2.75, 3.05) is 0 Å². The molecule has 0 saturated carbocycles. The molecular weight excluding hydrogens is 289 g/mol. The summed E-state index contributed by atoms with van der Waals surface area (Å²) in [6.07, 6.45) is 0. The van der Waals surface area contributed by atoms with Crippen molar-refractivity contribution in [3.63, 3.8) is 0 Å². The van der Waals surface area contributed by atoms with E-state index in [-0.39, 0.29) is 0 Å². The Bertz CT molecular complexity index is 909. The number of hydrogen-bond acceptors (Lipinski definition) is 3. The summed E-state index contributed by atoms with van der Waals surface area (Å²) in [6.45, 7) is 0. The maximum atomic E-state index is 5.96. The van der Waals surface area contributed by atoms with Crippen LogP contribution in [0, 0.1) is 0 Å². The fraction of sp³-hybridized carbons (Fsp3) is 0. The van der Waals surface area contributed by atoms with E-state index in [0.717, 1.165) is 32.2 Å². The molecule has 0 aliphatic heterocycles. The van der Waals surface area contributed by atoms with Gasteiger partial charge in [0.25, 0.3) is 0 Å². The molecule has 5 heteroatoms. The summed E-state index contributed by atoms with van der Waals surface area (Å²) in [6, 6.07) is 9.64. The minimum atomic E-state index is 0.546. The van der Waals surface area contributed by atoms with Gasteiger partial charge in [-0.05, 0) is 18.2 Å². The minimum absolute atomic E-state index is 0.546. The molecular formula is C13H5Cl2NOS. The highest BCUT2D eigenvalue weighted by Gasteiger charge is 2.11. The molecule has 2 aromatic heterocycles. The second-order valence-electron chi connectivity index (χ2n) is 4.03. The van der Waals surface area contributed by atoms with E-state index < -0.39 is 0 Å². The summed E-state index contributed by atoms with van der Waals surface area (Å²) in [5.74, 6) is 0. The molecule has 0 N–H and O–H groups in total. The molecule has 18 heavy (non-hydrogen) atoms. The van der Waals surface area contributed by atoms with E-state index in [0.29, 0.717) is 9.49 Å². The molecule has 0 spiro atoms. The summed E-state index contributed by atoms with van der Waals surface area (Å²) in [5.41, 5.74) is 2.46. The van der Waals surface area contributed by atoms with Gasteiger partial charge in [0.05, 0.1) is 10.2 Å². The van der Waals surface area contributed by atoms with Crippen LogP contribution in [0.3, 0.4) is 0 Å². The summed E-state index contributed by atoms with van der Waals surface area (Å²) in [7, 11) is 0. The lowest BCUT2D eigenvalue weighted by Crippen LogP contribution is -1.68. The van der Waals surface area contributed by atoms with Crippen LogP contribution in [0.25, 0.3) is 32.2 Å². The molecule has 0 fully saturated rings. The molecule has 0 saturated heterocycles. The lowest BCUT2D eigenvalue weighted by Gasteiger charge is -1.90. The molecule has 2 heterocycles. The fourth-order valence-corrected chi connectivity index (χ4v) is 3.36. The third-order valence-corrected chi connectivity index (χ3v) is 4.28. The number of halogens is 2. The largest absolute Gasteiger partial charge is 0.456 e. The second-order valence-corrected chi connectivity index (χ2v) is 6.07. The Labute approximate surface area is 116 Å². The summed E-state index contributed by atoms with van der Waals surface area (Å²) in [5, 5.41) is 2.79. The van der Waals surface area contributed by atoms with E-state index in [9.17, 15) is 0 Å². The number of aromatic nitrogens is 1. The normalized spacial score (nSPS) is 11.9. The van der Waals surface area contributed by atoms with Gasteiger partial charge in [-0.3, -0.25) is 0 Å². The molecule has 2 nitrogen and oxygen atoms in total. The third-order valence-electron chi connectivity index (χ3n) is 2.92. The van der Waals surface area contributed by atoms with Crippen LogP contribution in [0.2, 0.25) is 9.49 Å². The topological polar surface area (TPSA) is 26.0 Å². The number of rotatable bonds is 0. The predicted molar refractivity (Wildman–Crippen MR) is 76.9 cm³/mol. The fourth-order valence-electron chi connectivity index (χ4n) is 2.14. The molecule has 0 radical (unpaired) electrons. The van der Waals surface area contributed by atoms with Crippen molar-refractivity contribution in [2.45, 2.75) is 0 Å². The Balaban J connectivity index is 2.21. The third kappa shape index (κ3) is 1.45. The van der Waals surface area contributed by atoms with Gasteiger partial charge in [-0.15, -0.1) is 11.3 Å². The van der Waals surface area contributed by atoms with Crippen molar-refractivity contribution >= 4 is 66.7 Å². The van der Waals surface area contributed by atoms with Crippen LogP contribution in [-0.2, 0) is 0 Å². The number of fused-ring (bicyclic) bond motifs is 4. The molecule has 4 aromatic rings. The van der Waals surface area contributed by atoms with Gasteiger partial charge in [-0.2, -0.15) is 0 Å². The van der Waals surface area contributed by atoms with Gasteiger partial charge in [-0.25, -0.2) is 4.98 Å². The van der Waals surface area contributed by atoms with E-state index in [1.165, 1.54) is 11.3 Å². The summed E-state index contributed by atoms with van der Waals surface area (Å²) < 4.78 is 7.39. The molecule has 2 aromatic carbocycles. The zero-order valence-electron chi connectivity index (χ0n) is 8.91. The summed E-state index contributed by atoms with van der Waals surface area (Å²) >= 11 is 13.4. The number of nitrogens with zero attached hydrogens (tertiary/aromatic N) is 1. The average Bonchev–Trinajstić information content (AvgIpc) is 2.83. The van der Waals surface area contributed by atoms with Crippen molar-refractivity contribution in [1.29, 1.82) is 0 Å².